The summed E-state index contributed by atoms with van der Waals surface area (Å²) >= 11 is 0. The first-order valence-corrected chi connectivity index (χ1v) is 6.22. The van der Waals surface area contributed by atoms with E-state index in [4.69, 9.17) is 4.74 Å². The van der Waals surface area contributed by atoms with Crippen molar-refractivity contribution in [1.82, 2.24) is 15.5 Å². The predicted octanol–water partition coefficient (Wildman–Crippen LogP) is 0.819. The number of hydrogen-bond acceptors (Lipinski definition) is 4. The Labute approximate surface area is 134 Å². The lowest BCUT2D eigenvalue weighted by Crippen LogP contribution is -2.51. The molecular weight excluding hydrogens is 334 g/mol. The summed E-state index contributed by atoms with van der Waals surface area (Å²) in [4.78, 5) is 12.8. The minimum atomic E-state index is -4.18. The molecule has 1 rings (SSSR count). The minimum Gasteiger partial charge on any atom is -0.378 e. The van der Waals surface area contributed by atoms with Crippen molar-refractivity contribution in [3.05, 3.63) is 0 Å². The van der Waals surface area contributed by atoms with Gasteiger partial charge in [0.2, 0.25) is 5.91 Å². The summed E-state index contributed by atoms with van der Waals surface area (Å²) in [5.41, 5.74) is 0. The van der Waals surface area contributed by atoms with Crippen LogP contribution in [-0.2, 0) is 9.53 Å². The van der Waals surface area contributed by atoms with Gasteiger partial charge in [0.05, 0.1) is 19.8 Å². The SMILES string of the molecule is CN(CCCNC(=O)C1COCCN1)CC(F)(F)F.Cl.Cl. The highest BCUT2D eigenvalue weighted by Crippen LogP contribution is 2.15. The largest absolute Gasteiger partial charge is 0.401 e. The van der Waals surface area contributed by atoms with Crippen molar-refractivity contribution >= 4 is 30.7 Å². The molecule has 1 fully saturated rings. The van der Waals surface area contributed by atoms with E-state index < -0.39 is 12.7 Å². The van der Waals surface area contributed by atoms with Gasteiger partial charge in [-0.05, 0) is 20.0 Å². The molecule has 1 heterocycles. The lowest BCUT2D eigenvalue weighted by Gasteiger charge is -2.23. The zero-order valence-corrected chi connectivity index (χ0v) is 13.4. The fourth-order valence-corrected chi connectivity index (χ4v) is 1.80. The minimum absolute atomic E-state index is 0. The molecule has 128 valence electrons. The molecule has 1 aliphatic heterocycles. The van der Waals surface area contributed by atoms with Gasteiger partial charge in [0, 0.05) is 13.1 Å². The van der Waals surface area contributed by atoms with Gasteiger partial charge >= 0.3 is 6.18 Å². The number of halogens is 5. The lowest BCUT2D eigenvalue weighted by atomic mass is 10.2. The highest BCUT2D eigenvalue weighted by molar-refractivity contribution is 5.85. The number of carbonyl (C=O) groups is 1. The van der Waals surface area contributed by atoms with Crippen LogP contribution < -0.4 is 10.6 Å². The lowest BCUT2D eigenvalue weighted by molar-refractivity contribution is -0.143. The van der Waals surface area contributed by atoms with Gasteiger partial charge in [0.15, 0.2) is 0 Å². The molecule has 1 aliphatic rings. The number of nitrogens with zero attached hydrogens (tertiary/aromatic N) is 1. The first kappa shape index (κ1) is 23.0. The Morgan fingerprint density at radius 1 is 1.43 bits per heavy atom. The van der Waals surface area contributed by atoms with Crippen LogP contribution in [0.1, 0.15) is 6.42 Å². The second-order valence-electron chi connectivity index (χ2n) is 4.58. The van der Waals surface area contributed by atoms with Gasteiger partial charge in [-0.25, -0.2) is 0 Å². The molecule has 1 unspecified atom stereocenters. The molecular formula is C11H22Cl2F3N3O2. The smallest absolute Gasteiger partial charge is 0.378 e. The van der Waals surface area contributed by atoms with Crippen molar-refractivity contribution < 1.29 is 22.7 Å². The van der Waals surface area contributed by atoms with Gasteiger partial charge in [-0.2, -0.15) is 13.2 Å². The number of rotatable bonds is 6. The van der Waals surface area contributed by atoms with Crippen LogP contribution in [0, 0.1) is 0 Å². The normalized spacial score (nSPS) is 18.6. The average Bonchev–Trinajstić information content (AvgIpc) is 2.33. The summed E-state index contributed by atoms with van der Waals surface area (Å²) in [5.74, 6) is -0.168. The summed E-state index contributed by atoms with van der Waals surface area (Å²) in [6, 6.07) is -0.360. The van der Waals surface area contributed by atoms with Gasteiger partial charge in [0.1, 0.15) is 6.04 Å². The molecule has 0 aromatic carbocycles. The van der Waals surface area contributed by atoms with Crippen LogP contribution in [0.15, 0.2) is 0 Å². The molecule has 1 saturated heterocycles. The Morgan fingerprint density at radius 2 is 2.10 bits per heavy atom. The maximum atomic E-state index is 12.1. The molecule has 0 spiro atoms. The summed E-state index contributed by atoms with van der Waals surface area (Å²) in [6.45, 7) is 1.27. The number of ether oxygens (including phenoxy) is 1. The highest BCUT2D eigenvalue weighted by Gasteiger charge is 2.28. The molecule has 0 aromatic heterocycles. The monoisotopic (exact) mass is 355 g/mol. The summed E-state index contributed by atoms with van der Waals surface area (Å²) in [7, 11) is 1.41. The molecule has 5 nitrogen and oxygen atoms in total. The van der Waals surface area contributed by atoms with Gasteiger partial charge in [-0.1, -0.05) is 0 Å². The second kappa shape index (κ2) is 11.3. The van der Waals surface area contributed by atoms with E-state index in [2.05, 4.69) is 10.6 Å². The third-order valence-electron chi connectivity index (χ3n) is 2.70. The third kappa shape index (κ3) is 11.0. The summed E-state index contributed by atoms with van der Waals surface area (Å²) < 4.78 is 41.3. The maximum Gasteiger partial charge on any atom is 0.401 e. The number of amides is 1. The molecule has 0 aliphatic carbocycles. The average molecular weight is 356 g/mol. The number of hydrogen-bond donors (Lipinski definition) is 2. The number of alkyl halides is 3. The van der Waals surface area contributed by atoms with E-state index in [1.165, 1.54) is 11.9 Å². The third-order valence-corrected chi connectivity index (χ3v) is 2.70. The summed E-state index contributed by atoms with van der Waals surface area (Å²) in [6.07, 6.45) is -3.70. The van der Waals surface area contributed by atoms with Gasteiger partial charge in [-0.3, -0.25) is 9.69 Å². The van der Waals surface area contributed by atoms with Crippen molar-refractivity contribution in [3.63, 3.8) is 0 Å². The van der Waals surface area contributed by atoms with Crippen LogP contribution in [0.3, 0.4) is 0 Å². The van der Waals surface area contributed by atoms with Gasteiger partial charge in [-0.15, -0.1) is 24.8 Å². The first-order valence-electron chi connectivity index (χ1n) is 6.22. The van der Waals surface area contributed by atoms with E-state index in [-0.39, 0.29) is 43.3 Å². The van der Waals surface area contributed by atoms with Gasteiger partial charge in [0.25, 0.3) is 0 Å². The Balaban J connectivity index is 0. The summed E-state index contributed by atoms with van der Waals surface area (Å²) in [5, 5.41) is 5.68. The Kier molecular flexibility index (Phi) is 12.4. The zero-order valence-electron chi connectivity index (χ0n) is 11.7. The van der Waals surface area contributed by atoms with Crippen molar-refractivity contribution in [2.45, 2.75) is 18.6 Å². The van der Waals surface area contributed by atoms with Gasteiger partial charge < -0.3 is 15.4 Å². The Morgan fingerprint density at radius 3 is 2.62 bits per heavy atom. The second-order valence-corrected chi connectivity index (χ2v) is 4.58. The topological polar surface area (TPSA) is 53.6 Å². The van der Waals surface area contributed by atoms with Crippen LogP contribution >= 0.6 is 24.8 Å². The van der Waals surface area contributed by atoms with E-state index in [1.807, 2.05) is 0 Å². The van der Waals surface area contributed by atoms with Crippen molar-refractivity contribution in [2.75, 3.05) is 46.4 Å². The number of carbonyl (C=O) groups excluding carboxylic acids is 1. The quantitative estimate of drug-likeness (QED) is 0.692. The molecule has 0 saturated carbocycles. The molecule has 0 aromatic rings. The highest BCUT2D eigenvalue weighted by atomic mass is 35.5. The molecule has 0 bridgehead atoms. The van der Waals surface area contributed by atoms with Crippen LogP contribution in [0.25, 0.3) is 0 Å². The zero-order chi connectivity index (χ0) is 14.3. The van der Waals surface area contributed by atoms with Crippen molar-refractivity contribution in [3.8, 4) is 0 Å². The molecule has 0 radical (unpaired) electrons. The van der Waals surface area contributed by atoms with Crippen LogP contribution in [0.2, 0.25) is 0 Å². The van der Waals surface area contributed by atoms with Crippen LogP contribution in [0.5, 0.6) is 0 Å². The molecule has 10 heteroatoms. The number of nitrogens with one attached hydrogen (secondary N) is 2. The fourth-order valence-electron chi connectivity index (χ4n) is 1.80. The fraction of sp³-hybridized carbons (Fsp3) is 0.909. The Bertz CT molecular complexity index is 290. The molecule has 21 heavy (non-hydrogen) atoms. The van der Waals surface area contributed by atoms with E-state index in [1.54, 1.807) is 0 Å². The molecule has 1 amide bonds. The first-order chi connectivity index (χ1) is 8.88. The Hall–Kier alpha value is -0.280. The van der Waals surface area contributed by atoms with E-state index >= 15 is 0 Å². The van der Waals surface area contributed by atoms with Crippen LogP contribution in [0.4, 0.5) is 13.2 Å². The number of morpholine rings is 1. The van der Waals surface area contributed by atoms with E-state index in [9.17, 15) is 18.0 Å². The van der Waals surface area contributed by atoms with Crippen molar-refractivity contribution in [1.29, 1.82) is 0 Å². The van der Waals surface area contributed by atoms with E-state index in [0.29, 0.717) is 32.7 Å². The maximum absolute atomic E-state index is 12.1. The molecule has 2 N–H and O–H groups in total. The van der Waals surface area contributed by atoms with Crippen molar-refractivity contribution in [2.24, 2.45) is 0 Å². The van der Waals surface area contributed by atoms with E-state index in [0.717, 1.165) is 0 Å². The molecule has 1 atom stereocenters. The van der Waals surface area contributed by atoms with Crippen LogP contribution in [-0.4, -0.2) is 69.5 Å². The predicted molar refractivity (Wildman–Crippen MR) is 78.3 cm³/mol. The standard InChI is InChI=1S/C11H20F3N3O2.2ClH/c1-17(8-11(12,13)14)5-2-3-16-10(18)9-7-19-6-4-15-9;;/h9,15H,2-8H2,1H3,(H,16,18);2*1H.